The quantitative estimate of drug-likeness (QED) is 0.851. The van der Waals surface area contributed by atoms with Crippen molar-refractivity contribution >= 4 is 5.91 Å². The number of nitriles is 1. The normalized spacial score (nSPS) is 19.3. The molecule has 2 fully saturated rings. The number of piperidine rings is 1. The maximum atomic E-state index is 12.3. The first-order chi connectivity index (χ1) is 10.3. The van der Waals surface area contributed by atoms with Crippen molar-refractivity contribution in [3.63, 3.8) is 0 Å². The van der Waals surface area contributed by atoms with Gasteiger partial charge in [0.05, 0.1) is 11.6 Å². The number of amides is 1. The fourth-order valence-corrected chi connectivity index (χ4v) is 3.34. The summed E-state index contributed by atoms with van der Waals surface area (Å²) in [7, 11) is 0. The van der Waals surface area contributed by atoms with Crippen LogP contribution in [-0.4, -0.2) is 23.9 Å². The highest BCUT2D eigenvalue weighted by Crippen LogP contribution is 2.41. The van der Waals surface area contributed by atoms with Crippen molar-refractivity contribution in [1.82, 2.24) is 4.90 Å². The van der Waals surface area contributed by atoms with E-state index in [1.807, 2.05) is 29.2 Å². The van der Waals surface area contributed by atoms with Gasteiger partial charge >= 0.3 is 0 Å². The minimum atomic E-state index is 0.286. The average molecular weight is 282 g/mol. The Morgan fingerprint density at radius 3 is 2.29 bits per heavy atom. The van der Waals surface area contributed by atoms with Crippen LogP contribution in [0.4, 0.5) is 0 Å². The lowest BCUT2D eigenvalue weighted by Crippen LogP contribution is -2.39. The second kappa shape index (κ2) is 6.30. The van der Waals surface area contributed by atoms with Crippen LogP contribution in [0.2, 0.25) is 0 Å². The van der Waals surface area contributed by atoms with Crippen LogP contribution >= 0.6 is 0 Å². The second-order valence-electron chi connectivity index (χ2n) is 6.36. The number of likely N-dealkylation sites (tertiary alicyclic amines) is 1. The lowest BCUT2D eigenvalue weighted by molar-refractivity contribution is -0.132. The summed E-state index contributed by atoms with van der Waals surface area (Å²) >= 11 is 0. The minimum Gasteiger partial charge on any atom is -0.343 e. The molecule has 0 N–H and O–H groups in total. The monoisotopic (exact) mass is 282 g/mol. The van der Waals surface area contributed by atoms with Gasteiger partial charge in [0.25, 0.3) is 0 Å². The molecule has 3 heteroatoms. The molecule has 3 rings (SSSR count). The van der Waals surface area contributed by atoms with E-state index in [0.717, 1.165) is 36.9 Å². The maximum Gasteiger partial charge on any atom is 0.222 e. The van der Waals surface area contributed by atoms with Gasteiger partial charge < -0.3 is 4.90 Å². The van der Waals surface area contributed by atoms with Crippen LogP contribution in [0.3, 0.4) is 0 Å². The molecule has 1 heterocycles. The summed E-state index contributed by atoms with van der Waals surface area (Å²) in [6, 6.07) is 9.65. The average Bonchev–Trinajstić information content (AvgIpc) is 3.38. The zero-order valence-corrected chi connectivity index (χ0v) is 12.4. The number of aryl methyl sites for hydroxylation is 1. The van der Waals surface area contributed by atoms with Gasteiger partial charge in [-0.25, -0.2) is 0 Å². The third-order valence-electron chi connectivity index (χ3n) is 4.89. The Bertz CT molecular complexity index is 531. The van der Waals surface area contributed by atoms with Gasteiger partial charge in [-0.1, -0.05) is 12.1 Å². The van der Waals surface area contributed by atoms with Crippen LogP contribution in [0, 0.1) is 23.2 Å². The van der Waals surface area contributed by atoms with Crippen molar-refractivity contribution in [1.29, 1.82) is 5.26 Å². The topological polar surface area (TPSA) is 44.1 Å². The lowest BCUT2D eigenvalue weighted by atomic mass is 9.92. The van der Waals surface area contributed by atoms with E-state index in [1.54, 1.807) is 0 Å². The Labute approximate surface area is 126 Å². The highest BCUT2D eigenvalue weighted by molar-refractivity contribution is 5.76. The Kier molecular flexibility index (Phi) is 4.24. The van der Waals surface area contributed by atoms with Gasteiger partial charge in [-0.3, -0.25) is 4.79 Å². The summed E-state index contributed by atoms with van der Waals surface area (Å²) in [5.74, 6) is 2.14. The van der Waals surface area contributed by atoms with E-state index in [2.05, 4.69) is 6.07 Å². The summed E-state index contributed by atoms with van der Waals surface area (Å²) in [6.07, 6.45) is 6.59. The van der Waals surface area contributed by atoms with Crippen molar-refractivity contribution in [2.24, 2.45) is 11.8 Å². The number of benzene rings is 1. The zero-order chi connectivity index (χ0) is 14.7. The van der Waals surface area contributed by atoms with Gasteiger partial charge in [0.2, 0.25) is 5.91 Å². The molecule has 1 aliphatic carbocycles. The molecule has 110 valence electrons. The minimum absolute atomic E-state index is 0.286. The summed E-state index contributed by atoms with van der Waals surface area (Å²) in [5, 5.41) is 8.77. The molecule has 3 nitrogen and oxygen atoms in total. The highest BCUT2D eigenvalue weighted by Gasteiger charge is 2.34. The molecule has 2 aliphatic rings. The first-order valence-corrected chi connectivity index (χ1v) is 8.03. The van der Waals surface area contributed by atoms with Gasteiger partial charge in [-0.2, -0.15) is 5.26 Å². The lowest BCUT2D eigenvalue weighted by Gasteiger charge is -2.32. The molecule has 0 atom stereocenters. The number of hydrogen-bond acceptors (Lipinski definition) is 2. The van der Waals surface area contributed by atoms with E-state index < -0.39 is 0 Å². The number of hydrogen-bond donors (Lipinski definition) is 0. The van der Waals surface area contributed by atoms with E-state index in [-0.39, 0.29) is 5.91 Å². The van der Waals surface area contributed by atoms with Crippen LogP contribution in [0.1, 0.15) is 43.2 Å². The fraction of sp³-hybridized carbons (Fsp3) is 0.556. The molecule has 1 aromatic carbocycles. The molecule has 1 amide bonds. The van der Waals surface area contributed by atoms with Gasteiger partial charge in [0.15, 0.2) is 0 Å². The molecule has 1 saturated heterocycles. The molecule has 1 aromatic rings. The van der Waals surface area contributed by atoms with Gasteiger partial charge in [0.1, 0.15) is 0 Å². The standard InChI is InChI=1S/C18H22N2O/c19-13-15-3-1-14(2-4-15)5-8-18(21)20-11-9-17(10-12-20)16-6-7-16/h1-4,16-17H,5-12H2. The summed E-state index contributed by atoms with van der Waals surface area (Å²) in [6.45, 7) is 1.90. The maximum absolute atomic E-state index is 12.3. The van der Waals surface area contributed by atoms with Crippen molar-refractivity contribution in [3.05, 3.63) is 35.4 Å². The molecule has 0 unspecified atom stereocenters. The van der Waals surface area contributed by atoms with E-state index >= 15 is 0 Å². The number of carbonyl (C=O) groups is 1. The molecule has 0 bridgehead atoms. The summed E-state index contributed by atoms with van der Waals surface area (Å²) in [4.78, 5) is 14.3. The van der Waals surface area contributed by atoms with Crippen LogP contribution in [-0.2, 0) is 11.2 Å². The fourth-order valence-electron chi connectivity index (χ4n) is 3.34. The Balaban J connectivity index is 1.44. The first-order valence-electron chi connectivity index (χ1n) is 8.03. The van der Waals surface area contributed by atoms with Crippen molar-refractivity contribution in [2.75, 3.05) is 13.1 Å². The summed E-state index contributed by atoms with van der Waals surface area (Å²) < 4.78 is 0. The molecule has 1 saturated carbocycles. The molecule has 0 aromatic heterocycles. The Morgan fingerprint density at radius 2 is 1.71 bits per heavy atom. The van der Waals surface area contributed by atoms with Crippen LogP contribution in [0.5, 0.6) is 0 Å². The molecule has 21 heavy (non-hydrogen) atoms. The molecule has 1 aliphatic heterocycles. The van der Waals surface area contributed by atoms with E-state index in [9.17, 15) is 4.79 Å². The largest absolute Gasteiger partial charge is 0.343 e. The van der Waals surface area contributed by atoms with Gasteiger partial charge in [-0.05, 0) is 61.6 Å². The van der Waals surface area contributed by atoms with Crippen molar-refractivity contribution < 1.29 is 4.79 Å². The Hall–Kier alpha value is -1.82. The van der Waals surface area contributed by atoms with Crippen LogP contribution in [0.25, 0.3) is 0 Å². The van der Waals surface area contributed by atoms with Crippen LogP contribution in [0.15, 0.2) is 24.3 Å². The van der Waals surface area contributed by atoms with Crippen LogP contribution < -0.4 is 0 Å². The third-order valence-corrected chi connectivity index (χ3v) is 4.89. The van der Waals surface area contributed by atoms with E-state index in [4.69, 9.17) is 5.26 Å². The predicted octanol–water partition coefficient (Wildman–Crippen LogP) is 3.14. The summed E-state index contributed by atoms with van der Waals surface area (Å²) in [5.41, 5.74) is 1.81. The molecule has 0 radical (unpaired) electrons. The number of rotatable bonds is 4. The predicted molar refractivity (Wildman–Crippen MR) is 81.5 cm³/mol. The van der Waals surface area contributed by atoms with Gasteiger partial charge in [0, 0.05) is 19.5 Å². The van der Waals surface area contributed by atoms with E-state index in [0.29, 0.717) is 12.0 Å². The number of nitrogens with zero attached hydrogens (tertiary/aromatic N) is 2. The third kappa shape index (κ3) is 3.64. The highest BCUT2D eigenvalue weighted by atomic mass is 16.2. The second-order valence-corrected chi connectivity index (χ2v) is 6.36. The first kappa shape index (κ1) is 14.1. The zero-order valence-electron chi connectivity index (χ0n) is 12.4. The SMILES string of the molecule is N#Cc1ccc(CCC(=O)N2CCC(C3CC3)CC2)cc1. The van der Waals surface area contributed by atoms with E-state index in [1.165, 1.54) is 25.7 Å². The molecule has 0 spiro atoms. The molecular formula is C18H22N2O. The smallest absolute Gasteiger partial charge is 0.222 e. The van der Waals surface area contributed by atoms with Crippen molar-refractivity contribution in [2.45, 2.75) is 38.5 Å². The van der Waals surface area contributed by atoms with Gasteiger partial charge in [-0.15, -0.1) is 0 Å². The Morgan fingerprint density at radius 1 is 1.10 bits per heavy atom. The number of carbonyl (C=O) groups excluding carboxylic acids is 1. The van der Waals surface area contributed by atoms with Crippen molar-refractivity contribution in [3.8, 4) is 6.07 Å². The molecular weight excluding hydrogens is 260 g/mol.